The summed E-state index contributed by atoms with van der Waals surface area (Å²) in [5, 5.41) is 20.0. The van der Waals surface area contributed by atoms with Gasteiger partial charge in [0, 0.05) is 11.1 Å². The molecule has 134 valence electrons. The number of phenolic OH excluding ortho intramolecular Hbond substituents is 1. The van der Waals surface area contributed by atoms with Gasteiger partial charge in [-0.05, 0) is 35.4 Å². The van der Waals surface area contributed by atoms with Crippen molar-refractivity contribution in [2.45, 2.75) is 0 Å². The van der Waals surface area contributed by atoms with Crippen molar-refractivity contribution in [3.63, 3.8) is 0 Å². The Bertz CT molecular complexity index is 1240. The van der Waals surface area contributed by atoms with Gasteiger partial charge in [0.05, 0.1) is 5.69 Å². The van der Waals surface area contributed by atoms with Crippen molar-refractivity contribution in [1.82, 2.24) is 15.0 Å². The van der Waals surface area contributed by atoms with Gasteiger partial charge in [0.25, 0.3) is 0 Å². The second-order valence-corrected chi connectivity index (χ2v) is 6.60. The second-order valence-electron chi connectivity index (χ2n) is 6.60. The molecule has 4 heteroatoms. The first-order chi connectivity index (χ1) is 13.8. The molecule has 5 rings (SSSR count). The van der Waals surface area contributed by atoms with E-state index >= 15 is 0 Å². The maximum Gasteiger partial charge on any atom is 0.131 e. The molecule has 0 aliphatic heterocycles. The van der Waals surface area contributed by atoms with E-state index in [2.05, 4.69) is 10.2 Å². The minimum atomic E-state index is 0.268. The fraction of sp³-hybridized carbons (Fsp3) is 0. The third-order valence-electron chi connectivity index (χ3n) is 4.80. The Morgan fingerprint density at radius 1 is 0.571 bits per heavy atom. The van der Waals surface area contributed by atoms with E-state index in [9.17, 15) is 5.11 Å². The molecule has 0 saturated heterocycles. The zero-order valence-corrected chi connectivity index (χ0v) is 15.0. The second kappa shape index (κ2) is 6.67. The van der Waals surface area contributed by atoms with Crippen molar-refractivity contribution in [3.8, 4) is 33.7 Å². The molecule has 0 aliphatic carbocycles. The van der Waals surface area contributed by atoms with Crippen LogP contribution in [0.5, 0.6) is 5.75 Å². The zero-order valence-electron chi connectivity index (χ0n) is 15.0. The van der Waals surface area contributed by atoms with Crippen molar-refractivity contribution in [2.75, 3.05) is 0 Å². The topological polar surface area (TPSA) is 50.9 Å². The number of fused-ring (bicyclic) bond motifs is 1. The molecule has 0 fully saturated rings. The lowest BCUT2D eigenvalue weighted by atomic mass is 9.97. The average molecular weight is 363 g/mol. The van der Waals surface area contributed by atoms with E-state index in [1.165, 1.54) is 0 Å². The molecule has 0 atom stereocenters. The Hall–Kier alpha value is -3.92. The van der Waals surface area contributed by atoms with Crippen LogP contribution in [0.1, 0.15) is 0 Å². The first kappa shape index (κ1) is 16.3. The van der Waals surface area contributed by atoms with Crippen molar-refractivity contribution >= 4 is 11.0 Å². The molecule has 0 spiro atoms. The molecule has 0 aliphatic rings. The SMILES string of the molecule is Oc1c(-c2ccccc2)cccc1-c1cccc(-n2nc3ccccc3n2)c1. The lowest BCUT2D eigenvalue weighted by molar-refractivity contribution is 0.479. The molecular weight excluding hydrogens is 346 g/mol. The summed E-state index contributed by atoms with van der Waals surface area (Å²) in [6.45, 7) is 0. The fourth-order valence-corrected chi connectivity index (χ4v) is 3.40. The van der Waals surface area contributed by atoms with E-state index in [1.807, 2.05) is 97.1 Å². The zero-order chi connectivity index (χ0) is 18.9. The molecular formula is C24H17N3O. The number of hydrogen-bond acceptors (Lipinski definition) is 3. The Kier molecular flexibility index (Phi) is 3.87. The van der Waals surface area contributed by atoms with Gasteiger partial charge in [-0.2, -0.15) is 4.80 Å². The first-order valence-electron chi connectivity index (χ1n) is 9.10. The fourth-order valence-electron chi connectivity index (χ4n) is 3.40. The van der Waals surface area contributed by atoms with Gasteiger partial charge in [0.15, 0.2) is 0 Å². The molecule has 5 aromatic rings. The van der Waals surface area contributed by atoms with Gasteiger partial charge in [-0.1, -0.05) is 72.8 Å². The number of benzene rings is 4. The van der Waals surface area contributed by atoms with Gasteiger partial charge in [-0.25, -0.2) is 0 Å². The summed E-state index contributed by atoms with van der Waals surface area (Å²) in [7, 11) is 0. The summed E-state index contributed by atoms with van der Waals surface area (Å²) < 4.78 is 0. The standard InChI is InChI=1S/C24H17N3O/c28-24-20(17-8-2-1-3-9-17)12-7-13-21(24)18-10-6-11-19(16-18)27-25-22-14-4-5-15-23(22)26-27/h1-16,28H. The van der Waals surface area contributed by atoms with Crippen LogP contribution in [0.3, 0.4) is 0 Å². The quantitative estimate of drug-likeness (QED) is 0.463. The smallest absolute Gasteiger partial charge is 0.131 e. The Labute approximate surface area is 162 Å². The summed E-state index contributed by atoms with van der Waals surface area (Å²) in [5.74, 6) is 0.268. The first-order valence-corrected chi connectivity index (χ1v) is 9.10. The molecule has 0 bridgehead atoms. The molecule has 1 N–H and O–H groups in total. The largest absolute Gasteiger partial charge is 0.507 e. The van der Waals surface area contributed by atoms with Gasteiger partial charge < -0.3 is 5.11 Å². The van der Waals surface area contributed by atoms with E-state index in [-0.39, 0.29) is 5.75 Å². The van der Waals surface area contributed by atoms with Crippen LogP contribution in [0.4, 0.5) is 0 Å². The van der Waals surface area contributed by atoms with Gasteiger partial charge in [-0.15, -0.1) is 10.2 Å². The number of rotatable bonds is 3. The van der Waals surface area contributed by atoms with Crippen LogP contribution < -0.4 is 0 Å². The van der Waals surface area contributed by atoms with Gasteiger partial charge >= 0.3 is 0 Å². The summed E-state index contributed by atoms with van der Waals surface area (Å²) in [5.41, 5.74) is 6.03. The van der Waals surface area contributed by atoms with Crippen LogP contribution in [0.2, 0.25) is 0 Å². The maximum absolute atomic E-state index is 10.9. The van der Waals surface area contributed by atoms with Crippen LogP contribution in [-0.4, -0.2) is 20.1 Å². The highest BCUT2D eigenvalue weighted by molar-refractivity contribution is 5.82. The molecule has 0 unspecified atom stereocenters. The van der Waals surface area contributed by atoms with Crippen molar-refractivity contribution in [3.05, 3.63) is 97.1 Å². The molecule has 0 radical (unpaired) electrons. The molecule has 1 heterocycles. The number of hydrogen-bond donors (Lipinski definition) is 1. The number of phenols is 1. The summed E-state index contributed by atoms with van der Waals surface area (Å²) in [4.78, 5) is 1.63. The number of aromatic hydroxyl groups is 1. The van der Waals surface area contributed by atoms with E-state index in [1.54, 1.807) is 4.80 Å². The van der Waals surface area contributed by atoms with Crippen LogP contribution in [0.25, 0.3) is 39.0 Å². The predicted octanol–water partition coefficient (Wildman–Crippen LogP) is 5.46. The van der Waals surface area contributed by atoms with Gasteiger partial charge in [0.1, 0.15) is 16.8 Å². The minimum Gasteiger partial charge on any atom is -0.507 e. The predicted molar refractivity (Wildman–Crippen MR) is 111 cm³/mol. The number of para-hydroxylation sites is 1. The minimum absolute atomic E-state index is 0.268. The summed E-state index contributed by atoms with van der Waals surface area (Å²) >= 11 is 0. The summed E-state index contributed by atoms with van der Waals surface area (Å²) in [6.07, 6.45) is 0. The van der Waals surface area contributed by atoms with Crippen molar-refractivity contribution in [1.29, 1.82) is 0 Å². The average Bonchev–Trinajstić information content (AvgIpc) is 3.19. The van der Waals surface area contributed by atoms with E-state index < -0.39 is 0 Å². The Balaban J connectivity index is 1.60. The van der Waals surface area contributed by atoms with Crippen LogP contribution >= 0.6 is 0 Å². The Morgan fingerprint density at radius 2 is 1.14 bits per heavy atom. The van der Waals surface area contributed by atoms with Crippen molar-refractivity contribution in [2.24, 2.45) is 0 Å². The highest BCUT2D eigenvalue weighted by Gasteiger charge is 2.12. The number of nitrogens with zero attached hydrogens (tertiary/aromatic N) is 3. The third kappa shape index (κ3) is 2.81. The molecule has 0 saturated carbocycles. The molecule has 4 nitrogen and oxygen atoms in total. The lowest BCUT2D eigenvalue weighted by Gasteiger charge is -2.11. The van der Waals surface area contributed by atoms with Gasteiger partial charge in [-0.3, -0.25) is 0 Å². The number of aromatic nitrogens is 3. The van der Waals surface area contributed by atoms with Gasteiger partial charge in [0.2, 0.25) is 0 Å². The normalized spacial score (nSPS) is 11.0. The molecule has 1 aromatic heterocycles. The van der Waals surface area contributed by atoms with E-state index in [0.29, 0.717) is 0 Å². The highest BCUT2D eigenvalue weighted by Crippen LogP contribution is 2.38. The molecule has 28 heavy (non-hydrogen) atoms. The van der Waals surface area contributed by atoms with Crippen LogP contribution in [0.15, 0.2) is 97.1 Å². The molecule has 0 amide bonds. The monoisotopic (exact) mass is 363 g/mol. The maximum atomic E-state index is 10.9. The lowest BCUT2D eigenvalue weighted by Crippen LogP contribution is -1.98. The molecule has 4 aromatic carbocycles. The third-order valence-corrected chi connectivity index (χ3v) is 4.80. The van der Waals surface area contributed by atoms with E-state index in [0.717, 1.165) is 39.0 Å². The van der Waals surface area contributed by atoms with Crippen molar-refractivity contribution < 1.29 is 5.11 Å². The summed E-state index contributed by atoms with van der Waals surface area (Å²) in [6, 6.07) is 31.4. The van der Waals surface area contributed by atoms with E-state index in [4.69, 9.17) is 0 Å². The van der Waals surface area contributed by atoms with Crippen LogP contribution in [-0.2, 0) is 0 Å². The van der Waals surface area contributed by atoms with Crippen LogP contribution in [0, 0.1) is 0 Å². The highest BCUT2D eigenvalue weighted by atomic mass is 16.3. The Morgan fingerprint density at radius 3 is 1.86 bits per heavy atom.